The molecule has 3 rings (SSSR count). The van der Waals surface area contributed by atoms with Gasteiger partial charge >= 0.3 is 0 Å². The third-order valence-corrected chi connectivity index (χ3v) is 5.13. The van der Waals surface area contributed by atoms with Crippen LogP contribution in [-0.4, -0.2) is 24.5 Å². The van der Waals surface area contributed by atoms with E-state index in [0.717, 1.165) is 36.6 Å². The Kier molecular flexibility index (Phi) is 4.47. The molecule has 3 heteroatoms. The lowest BCUT2D eigenvalue weighted by atomic mass is 9.78. The standard InChI is InChI=1S/C17H28N2O/c1-13-10-15(20-17(13)11-18-2)12-19-9-5-7-14-6-3-4-8-16(14)19/h10,14,16,18H,3-9,11-12H2,1-2H3. The summed E-state index contributed by atoms with van der Waals surface area (Å²) in [7, 11) is 1.97. The Bertz CT molecular complexity index is 438. The fourth-order valence-electron chi connectivity index (χ4n) is 4.13. The first-order chi connectivity index (χ1) is 9.78. The monoisotopic (exact) mass is 276 g/mol. The topological polar surface area (TPSA) is 28.4 Å². The van der Waals surface area contributed by atoms with Crippen LogP contribution in [0.15, 0.2) is 10.5 Å². The first kappa shape index (κ1) is 14.2. The Hall–Kier alpha value is -0.800. The van der Waals surface area contributed by atoms with Crippen LogP contribution in [0, 0.1) is 12.8 Å². The van der Waals surface area contributed by atoms with Crippen LogP contribution >= 0.6 is 0 Å². The van der Waals surface area contributed by atoms with E-state index in [2.05, 4.69) is 23.2 Å². The van der Waals surface area contributed by atoms with Crippen molar-refractivity contribution in [2.45, 2.75) is 64.6 Å². The van der Waals surface area contributed by atoms with Gasteiger partial charge in [-0.25, -0.2) is 0 Å². The van der Waals surface area contributed by atoms with Crippen molar-refractivity contribution in [3.8, 4) is 0 Å². The fourth-order valence-corrected chi connectivity index (χ4v) is 4.13. The average Bonchev–Trinajstić information content (AvgIpc) is 2.80. The van der Waals surface area contributed by atoms with Crippen molar-refractivity contribution in [3.05, 3.63) is 23.2 Å². The summed E-state index contributed by atoms with van der Waals surface area (Å²) in [5, 5.41) is 3.18. The van der Waals surface area contributed by atoms with Gasteiger partial charge in [0.15, 0.2) is 0 Å². The molecule has 1 aromatic heterocycles. The van der Waals surface area contributed by atoms with Gasteiger partial charge in [0.25, 0.3) is 0 Å². The van der Waals surface area contributed by atoms with Gasteiger partial charge in [0.05, 0.1) is 13.1 Å². The number of aryl methyl sites for hydroxylation is 1. The highest BCUT2D eigenvalue weighted by molar-refractivity contribution is 5.20. The lowest BCUT2D eigenvalue weighted by molar-refractivity contribution is 0.0492. The minimum Gasteiger partial charge on any atom is -0.463 e. The largest absolute Gasteiger partial charge is 0.463 e. The molecule has 2 atom stereocenters. The van der Waals surface area contributed by atoms with Gasteiger partial charge in [-0.05, 0) is 63.7 Å². The SMILES string of the molecule is CNCc1oc(CN2CCCC3CCCCC32)cc1C. The molecule has 0 aromatic carbocycles. The van der Waals surface area contributed by atoms with Crippen LogP contribution < -0.4 is 5.32 Å². The van der Waals surface area contributed by atoms with E-state index in [-0.39, 0.29) is 0 Å². The van der Waals surface area contributed by atoms with Gasteiger partial charge in [0, 0.05) is 6.04 Å². The van der Waals surface area contributed by atoms with Crippen molar-refractivity contribution < 1.29 is 4.42 Å². The Balaban J connectivity index is 1.68. The number of nitrogens with zero attached hydrogens (tertiary/aromatic N) is 1. The van der Waals surface area contributed by atoms with Crippen LogP contribution in [0.5, 0.6) is 0 Å². The number of likely N-dealkylation sites (tertiary alicyclic amines) is 1. The number of hydrogen-bond acceptors (Lipinski definition) is 3. The van der Waals surface area contributed by atoms with Gasteiger partial charge in [-0.2, -0.15) is 0 Å². The van der Waals surface area contributed by atoms with Crippen LogP contribution in [0.2, 0.25) is 0 Å². The van der Waals surface area contributed by atoms with Crippen molar-refractivity contribution in [1.29, 1.82) is 0 Å². The molecule has 1 saturated carbocycles. The molecule has 112 valence electrons. The fraction of sp³-hybridized carbons (Fsp3) is 0.765. The summed E-state index contributed by atoms with van der Waals surface area (Å²) in [6, 6.07) is 3.05. The van der Waals surface area contributed by atoms with Crippen molar-refractivity contribution in [1.82, 2.24) is 10.2 Å². The Morgan fingerprint density at radius 2 is 2.05 bits per heavy atom. The molecule has 2 fully saturated rings. The first-order valence-corrected chi connectivity index (χ1v) is 8.24. The zero-order valence-electron chi connectivity index (χ0n) is 13.0. The van der Waals surface area contributed by atoms with E-state index in [1.165, 1.54) is 50.6 Å². The summed E-state index contributed by atoms with van der Waals surface area (Å²) in [6.45, 7) is 5.24. The molecule has 1 N–H and O–H groups in total. The molecular weight excluding hydrogens is 248 g/mol. The molecule has 20 heavy (non-hydrogen) atoms. The predicted octanol–water partition coefficient (Wildman–Crippen LogP) is 3.46. The van der Waals surface area contributed by atoms with Crippen LogP contribution in [0.3, 0.4) is 0 Å². The van der Waals surface area contributed by atoms with Gasteiger partial charge < -0.3 is 9.73 Å². The number of furan rings is 1. The van der Waals surface area contributed by atoms with E-state index >= 15 is 0 Å². The molecule has 2 heterocycles. The summed E-state index contributed by atoms with van der Waals surface area (Å²) >= 11 is 0. The quantitative estimate of drug-likeness (QED) is 0.913. The Morgan fingerprint density at radius 3 is 2.90 bits per heavy atom. The maximum absolute atomic E-state index is 6.03. The van der Waals surface area contributed by atoms with Gasteiger partial charge in [0.2, 0.25) is 0 Å². The second kappa shape index (κ2) is 6.31. The van der Waals surface area contributed by atoms with Gasteiger partial charge in [-0.15, -0.1) is 0 Å². The molecule has 0 bridgehead atoms. The summed E-state index contributed by atoms with van der Waals surface area (Å²) in [5.41, 5.74) is 1.28. The van der Waals surface area contributed by atoms with Crippen molar-refractivity contribution >= 4 is 0 Å². The lowest BCUT2D eigenvalue weighted by Crippen LogP contribution is -2.46. The Morgan fingerprint density at radius 1 is 1.25 bits per heavy atom. The van der Waals surface area contributed by atoms with E-state index in [1.54, 1.807) is 0 Å². The zero-order valence-corrected chi connectivity index (χ0v) is 13.0. The van der Waals surface area contributed by atoms with Gasteiger partial charge in [-0.3, -0.25) is 4.90 Å². The molecule has 2 unspecified atom stereocenters. The zero-order chi connectivity index (χ0) is 13.9. The molecule has 3 nitrogen and oxygen atoms in total. The normalized spacial score (nSPS) is 27.5. The highest BCUT2D eigenvalue weighted by atomic mass is 16.3. The minimum atomic E-state index is 0.815. The van der Waals surface area contributed by atoms with Crippen molar-refractivity contribution in [2.24, 2.45) is 5.92 Å². The van der Waals surface area contributed by atoms with E-state index in [9.17, 15) is 0 Å². The van der Waals surface area contributed by atoms with Crippen LogP contribution in [0.25, 0.3) is 0 Å². The van der Waals surface area contributed by atoms with Gasteiger partial charge in [-0.1, -0.05) is 12.8 Å². The molecule has 0 radical (unpaired) electrons. The summed E-state index contributed by atoms with van der Waals surface area (Å²) in [4.78, 5) is 2.69. The molecule has 2 aliphatic rings. The third kappa shape index (κ3) is 2.94. The summed E-state index contributed by atoms with van der Waals surface area (Å²) in [6.07, 6.45) is 8.52. The van der Waals surface area contributed by atoms with Crippen molar-refractivity contribution in [2.75, 3.05) is 13.6 Å². The van der Waals surface area contributed by atoms with Gasteiger partial charge in [0.1, 0.15) is 11.5 Å². The van der Waals surface area contributed by atoms with Crippen molar-refractivity contribution in [3.63, 3.8) is 0 Å². The summed E-state index contributed by atoms with van der Waals surface area (Å²) < 4.78 is 6.03. The highest BCUT2D eigenvalue weighted by Crippen LogP contribution is 2.36. The average molecular weight is 276 g/mol. The molecule has 0 spiro atoms. The highest BCUT2D eigenvalue weighted by Gasteiger charge is 2.33. The number of nitrogens with one attached hydrogen (secondary N) is 1. The predicted molar refractivity (Wildman–Crippen MR) is 81.6 cm³/mol. The van der Waals surface area contributed by atoms with E-state index in [0.29, 0.717) is 0 Å². The number of fused-ring (bicyclic) bond motifs is 1. The Labute approximate surface area is 122 Å². The van der Waals surface area contributed by atoms with E-state index < -0.39 is 0 Å². The van der Waals surface area contributed by atoms with Crippen LogP contribution in [0.4, 0.5) is 0 Å². The smallest absolute Gasteiger partial charge is 0.120 e. The molecular formula is C17H28N2O. The molecule has 0 amide bonds. The summed E-state index contributed by atoms with van der Waals surface area (Å²) in [5.74, 6) is 3.20. The minimum absolute atomic E-state index is 0.815. The number of piperidine rings is 1. The molecule has 1 aliphatic carbocycles. The van der Waals surface area contributed by atoms with Crippen LogP contribution in [-0.2, 0) is 13.1 Å². The second-order valence-corrected chi connectivity index (χ2v) is 6.57. The maximum atomic E-state index is 6.03. The van der Waals surface area contributed by atoms with E-state index in [4.69, 9.17) is 4.42 Å². The number of rotatable bonds is 4. The lowest BCUT2D eigenvalue weighted by Gasteiger charge is -2.43. The third-order valence-electron chi connectivity index (χ3n) is 5.13. The maximum Gasteiger partial charge on any atom is 0.120 e. The molecule has 1 aliphatic heterocycles. The first-order valence-electron chi connectivity index (χ1n) is 8.24. The number of hydrogen-bond donors (Lipinski definition) is 1. The molecule has 1 aromatic rings. The molecule has 1 saturated heterocycles. The van der Waals surface area contributed by atoms with Crippen LogP contribution in [0.1, 0.15) is 55.6 Å². The van der Waals surface area contributed by atoms with E-state index in [1.807, 2.05) is 7.05 Å². The second-order valence-electron chi connectivity index (χ2n) is 6.57.